The highest BCUT2D eigenvalue weighted by atomic mass is 16.4. The standard InChI is InChI=1S/C59H54BN2O2/c1-56(2,3)35-26-27-46(38(30-35)34-18-11-10-12-19-34)62-54-50-37-20-13-16-25-47(37)63-49(50)32-39(36-21-17-23-42-53(36)61-45-24-15-14-22-41(45)59(42,8)9)51(54)60-52-40-31-43-44(33-48(40)64-55(52)62)58(6,7)29-28-57(43,4)5/h10-27,30-33,61H,28-29H2,1-9H3. The van der Waals surface area contributed by atoms with Gasteiger partial charge in [-0.2, -0.15) is 0 Å². The molecule has 0 unspecified atom stereocenters. The molecule has 5 heteroatoms. The quantitative estimate of drug-likeness (QED) is 0.180. The van der Waals surface area contributed by atoms with Gasteiger partial charge in [0.05, 0.1) is 22.4 Å². The average molecular weight is 834 g/mol. The number of rotatable bonds is 3. The molecule has 0 saturated heterocycles. The van der Waals surface area contributed by atoms with Crippen LogP contribution in [0.3, 0.4) is 0 Å². The smallest absolute Gasteiger partial charge is 0.203 e. The molecule has 4 nitrogen and oxygen atoms in total. The zero-order valence-corrected chi connectivity index (χ0v) is 38.5. The number of fused-ring (bicyclic) bond motifs is 11. The van der Waals surface area contributed by atoms with Crippen LogP contribution < -0.4 is 21.1 Å². The Kier molecular flexibility index (Phi) is 8.14. The molecule has 4 heterocycles. The van der Waals surface area contributed by atoms with Gasteiger partial charge in [-0.25, -0.2) is 0 Å². The van der Waals surface area contributed by atoms with Crippen molar-refractivity contribution in [2.24, 2.45) is 0 Å². The number of nitrogens with zero attached hydrogens (tertiary/aromatic N) is 1. The van der Waals surface area contributed by atoms with E-state index in [2.05, 4.69) is 213 Å². The zero-order chi connectivity index (χ0) is 44.1. The summed E-state index contributed by atoms with van der Waals surface area (Å²) in [5.41, 5.74) is 20.2. The number of benzene rings is 7. The van der Waals surface area contributed by atoms with Gasteiger partial charge >= 0.3 is 0 Å². The summed E-state index contributed by atoms with van der Waals surface area (Å²) in [6.45, 7) is 21.2. The highest BCUT2D eigenvalue weighted by molar-refractivity contribution is 6.76. The van der Waals surface area contributed by atoms with Crippen molar-refractivity contribution >= 4 is 79.7 Å². The number of nitrogens with one attached hydrogen (secondary N) is 1. The number of hydrogen-bond donors (Lipinski definition) is 1. The second kappa shape index (κ2) is 13.3. The molecule has 1 radical (unpaired) electrons. The van der Waals surface area contributed by atoms with Crippen LogP contribution in [-0.2, 0) is 21.7 Å². The highest BCUT2D eigenvalue weighted by Gasteiger charge is 2.42. The SMILES string of the molecule is CC(C)(C)c1ccc(N2c3oc4cc5c(cc4c3[B]c3c(-c4cccc6c4Nc4ccccc4C6(C)C)cc4oc6ccccc6c4c32)C(C)(C)CCC5(C)C)c(-c2ccccc2)c1. The van der Waals surface area contributed by atoms with Crippen LogP contribution in [0.1, 0.15) is 103 Å². The van der Waals surface area contributed by atoms with Gasteiger partial charge in [0.25, 0.3) is 0 Å². The van der Waals surface area contributed by atoms with Gasteiger partial charge in [0, 0.05) is 33.0 Å². The second-order valence-electron chi connectivity index (χ2n) is 21.5. The minimum atomic E-state index is -0.223. The fourth-order valence-electron chi connectivity index (χ4n) is 11.3. The van der Waals surface area contributed by atoms with Crippen molar-refractivity contribution in [3.63, 3.8) is 0 Å². The summed E-state index contributed by atoms with van der Waals surface area (Å²) in [7, 11) is 2.43. The molecule has 2 aromatic heterocycles. The molecule has 7 aromatic carbocycles. The van der Waals surface area contributed by atoms with Gasteiger partial charge in [-0.3, -0.25) is 4.90 Å². The number of para-hydroxylation sites is 3. The Morgan fingerprint density at radius 1 is 0.562 bits per heavy atom. The van der Waals surface area contributed by atoms with E-state index in [4.69, 9.17) is 8.83 Å². The third-order valence-electron chi connectivity index (χ3n) is 15.2. The molecule has 3 aliphatic rings. The Hall–Kier alpha value is -6.46. The Morgan fingerprint density at radius 3 is 2.05 bits per heavy atom. The minimum absolute atomic E-state index is 0.0306. The molecule has 0 bridgehead atoms. The molecule has 1 aliphatic carbocycles. The van der Waals surface area contributed by atoms with Gasteiger partial charge in [0.1, 0.15) is 16.7 Å². The lowest BCUT2D eigenvalue weighted by Gasteiger charge is -2.41. The van der Waals surface area contributed by atoms with Crippen LogP contribution in [0.5, 0.6) is 0 Å². The predicted octanol–water partition coefficient (Wildman–Crippen LogP) is 15.1. The second-order valence-corrected chi connectivity index (χ2v) is 21.5. The maximum atomic E-state index is 7.42. The first-order valence-electron chi connectivity index (χ1n) is 23.1. The normalized spacial score (nSPS) is 16.7. The van der Waals surface area contributed by atoms with Gasteiger partial charge in [-0.05, 0) is 121 Å². The third kappa shape index (κ3) is 5.62. The van der Waals surface area contributed by atoms with Crippen molar-refractivity contribution in [3.05, 3.63) is 161 Å². The van der Waals surface area contributed by atoms with Crippen LogP contribution >= 0.6 is 0 Å². The van der Waals surface area contributed by atoms with Crippen molar-refractivity contribution in [2.45, 2.75) is 96.8 Å². The van der Waals surface area contributed by atoms with Gasteiger partial charge in [0.15, 0.2) is 5.88 Å². The summed E-state index contributed by atoms with van der Waals surface area (Å²) in [5, 5.41) is 7.25. The van der Waals surface area contributed by atoms with Crippen LogP contribution in [-0.4, -0.2) is 7.28 Å². The topological polar surface area (TPSA) is 41.6 Å². The molecular formula is C59H54BN2O2. The molecule has 0 spiro atoms. The summed E-state index contributed by atoms with van der Waals surface area (Å²) >= 11 is 0. The van der Waals surface area contributed by atoms with Crippen molar-refractivity contribution in [1.82, 2.24) is 0 Å². The molecule has 0 saturated carbocycles. The minimum Gasteiger partial charge on any atom is -0.456 e. The van der Waals surface area contributed by atoms with E-state index in [9.17, 15) is 0 Å². The van der Waals surface area contributed by atoms with E-state index >= 15 is 0 Å². The Morgan fingerprint density at radius 2 is 1.27 bits per heavy atom. The zero-order valence-electron chi connectivity index (χ0n) is 38.5. The van der Waals surface area contributed by atoms with Gasteiger partial charge < -0.3 is 14.2 Å². The first kappa shape index (κ1) is 39.2. The molecule has 9 aromatic rings. The van der Waals surface area contributed by atoms with E-state index in [1.807, 2.05) is 0 Å². The first-order valence-corrected chi connectivity index (χ1v) is 23.1. The van der Waals surface area contributed by atoms with Crippen LogP contribution in [0.15, 0.2) is 142 Å². The van der Waals surface area contributed by atoms with Crippen molar-refractivity contribution in [1.29, 1.82) is 0 Å². The number of anilines is 5. The number of furan rings is 2. The number of hydrogen-bond acceptors (Lipinski definition) is 4. The average Bonchev–Trinajstić information content (AvgIpc) is 3.84. The highest BCUT2D eigenvalue weighted by Crippen LogP contribution is 2.54. The lowest BCUT2D eigenvalue weighted by molar-refractivity contribution is 0.332. The predicted molar refractivity (Wildman–Crippen MR) is 270 cm³/mol. The summed E-state index contributed by atoms with van der Waals surface area (Å²) in [6.07, 6.45) is 2.27. The lowest BCUT2D eigenvalue weighted by Crippen LogP contribution is -2.40. The van der Waals surface area contributed by atoms with E-state index in [0.29, 0.717) is 0 Å². The van der Waals surface area contributed by atoms with Crippen LogP contribution in [0.25, 0.3) is 55.2 Å². The molecule has 2 aliphatic heterocycles. The van der Waals surface area contributed by atoms with Crippen LogP contribution in [0, 0.1) is 0 Å². The van der Waals surface area contributed by atoms with Gasteiger partial charge in [0.2, 0.25) is 7.28 Å². The Balaban J connectivity index is 1.23. The molecule has 0 fully saturated rings. The molecule has 0 atom stereocenters. The molecule has 12 rings (SSSR count). The lowest BCUT2D eigenvalue weighted by atomic mass is 9.57. The van der Waals surface area contributed by atoms with E-state index in [1.165, 1.54) is 27.8 Å². The van der Waals surface area contributed by atoms with E-state index in [0.717, 1.165) is 108 Å². The van der Waals surface area contributed by atoms with Gasteiger partial charge in [-0.15, -0.1) is 0 Å². The summed E-state index contributed by atoms with van der Waals surface area (Å²) in [4.78, 5) is 2.45. The molecular weight excluding hydrogens is 779 g/mol. The molecule has 64 heavy (non-hydrogen) atoms. The van der Waals surface area contributed by atoms with Crippen LogP contribution in [0.2, 0.25) is 0 Å². The summed E-state index contributed by atoms with van der Waals surface area (Å²) in [5.74, 6) is 0.827. The fraction of sp³-hybridized carbons (Fsp3) is 0.254. The van der Waals surface area contributed by atoms with Crippen LogP contribution in [0.4, 0.5) is 28.6 Å². The molecule has 315 valence electrons. The monoisotopic (exact) mass is 833 g/mol. The Labute approximate surface area is 377 Å². The van der Waals surface area contributed by atoms with Crippen molar-refractivity contribution in [2.75, 3.05) is 10.2 Å². The first-order chi connectivity index (χ1) is 30.6. The fourth-order valence-corrected chi connectivity index (χ4v) is 11.3. The summed E-state index contributed by atoms with van der Waals surface area (Å²) in [6, 6.07) is 49.1. The largest absolute Gasteiger partial charge is 0.456 e. The van der Waals surface area contributed by atoms with Gasteiger partial charge in [-0.1, -0.05) is 153 Å². The van der Waals surface area contributed by atoms with E-state index in [1.54, 1.807) is 0 Å². The van der Waals surface area contributed by atoms with Crippen molar-refractivity contribution in [3.8, 4) is 22.3 Å². The van der Waals surface area contributed by atoms with Crippen molar-refractivity contribution < 1.29 is 8.83 Å². The third-order valence-corrected chi connectivity index (χ3v) is 15.2. The van der Waals surface area contributed by atoms with E-state index in [-0.39, 0.29) is 21.7 Å². The molecule has 0 amide bonds. The maximum absolute atomic E-state index is 7.42. The summed E-state index contributed by atoms with van der Waals surface area (Å²) < 4.78 is 14.4. The van der Waals surface area contributed by atoms with E-state index < -0.39 is 0 Å². The maximum Gasteiger partial charge on any atom is 0.203 e. The Bertz CT molecular complexity index is 3410. The molecule has 1 N–H and O–H groups in total.